The number of hydrogen-bond acceptors (Lipinski definition) is 7. The van der Waals surface area contributed by atoms with Crippen LogP contribution in [0.3, 0.4) is 0 Å². The molecule has 3 N–H and O–H groups in total. The molecular weight excluding hydrogens is 366 g/mol. The van der Waals surface area contributed by atoms with E-state index in [2.05, 4.69) is 26.9 Å². The van der Waals surface area contributed by atoms with E-state index in [0.29, 0.717) is 11.2 Å². The average molecular weight is 391 g/mol. The van der Waals surface area contributed by atoms with E-state index in [1.54, 1.807) is 0 Å². The van der Waals surface area contributed by atoms with Crippen molar-refractivity contribution in [3.8, 4) is 0 Å². The van der Waals surface area contributed by atoms with Gasteiger partial charge >= 0.3 is 0 Å². The third-order valence-corrected chi connectivity index (χ3v) is 6.08. The fourth-order valence-electron chi connectivity index (χ4n) is 4.28. The number of aldehydes is 1. The molecule has 5 rings (SSSR count). The minimum absolute atomic E-state index is 0.0967. The van der Waals surface area contributed by atoms with E-state index < -0.39 is 0 Å². The summed E-state index contributed by atoms with van der Waals surface area (Å²) in [5, 5.41) is 7.60. The summed E-state index contributed by atoms with van der Waals surface area (Å²) in [5.41, 5.74) is 10.6. The van der Waals surface area contributed by atoms with E-state index in [-0.39, 0.29) is 5.54 Å². The number of hydrogen-bond donors (Lipinski definition) is 2. The number of carbonyl (C=O) groups is 1. The third kappa shape index (κ3) is 3.23. The van der Waals surface area contributed by atoms with Gasteiger partial charge < -0.3 is 15.5 Å². The summed E-state index contributed by atoms with van der Waals surface area (Å²) in [5.74, 6) is 1.64. The fourth-order valence-corrected chi connectivity index (χ4v) is 4.28. The molecule has 0 radical (unpaired) electrons. The quantitative estimate of drug-likeness (QED) is 0.661. The first-order valence-corrected chi connectivity index (χ1v) is 10.1. The molecule has 0 amide bonds. The fraction of sp³-hybridized carbons (Fsp3) is 0.429. The first-order chi connectivity index (χ1) is 14.0. The van der Waals surface area contributed by atoms with E-state index in [4.69, 9.17) is 15.7 Å². The highest BCUT2D eigenvalue weighted by Crippen LogP contribution is 2.35. The Balaban J connectivity index is 1.47. The maximum atomic E-state index is 11.1. The van der Waals surface area contributed by atoms with Gasteiger partial charge in [0.1, 0.15) is 12.1 Å². The molecule has 0 spiro atoms. The number of piperidine rings is 1. The summed E-state index contributed by atoms with van der Waals surface area (Å²) in [4.78, 5) is 25.0. The summed E-state index contributed by atoms with van der Waals surface area (Å²) >= 11 is 0. The molecule has 150 valence electrons. The Bertz CT molecular complexity index is 1060. The van der Waals surface area contributed by atoms with Crippen molar-refractivity contribution in [3.05, 3.63) is 35.5 Å². The van der Waals surface area contributed by atoms with Gasteiger partial charge in [0.15, 0.2) is 17.0 Å². The van der Waals surface area contributed by atoms with Crippen LogP contribution >= 0.6 is 0 Å². The van der Waals surface area contributed by atoms with Gasteiger partial charge in [-0.25, -0.2) is 9.97 Å². The van der Waals surface area contributed by atoms with Crippen molar-refractivity contribution in [2.75, 3.05) is 29.4 Å². The standard InChI is InChI=1S/C21H25N7O/c1-21(22)6-9-27(10-7-21)17-12-23-18-19(24-17)25-26-20(18)28-8-2-3-15-11-14(13-29)4-5-16(15)28/h4-5,11-13H,2-3,6-10,22H2,1H3,(H,24,25,26). The highest BCUT2D eigenvalue weighted by atomic mass is 16.1. The Morgan fingerprint density at radius 2 is 2.07 bits per heavy atom. The molecule has 1 saturated heterocycles. The molecule has 0 atom stereocenters. The zero-order chi connectivity index (χ0) is 20.0. The second kappa shape index (κ2) is 6.81. The minimum Gasteiger partial charge on any atom is -0.355 e. The largest absolute Gasteiger partial charge is 0.355 e. The van der Waals surface area contributed by atoms with Crippen molar-refractivity contribution in [3.63, 3.8) is 0 Å². The van der Waals surface area contributed by atoms with Crippen LogP contribution in [0.25, 0.3) is 11.2 Å². The molecule has 4 heterocycles. The molecule has 0 saturated carbocycles. The van der Waals surface area contributed by atoms with Crippen LogP contribution in [0.4, 0.5) is 17.3 Å². The van der Waals surface area contributed by atoms with Crippen molar-refractivity contribution < 1.29 is 4.79 Å². The second-order valence-electron chi connectivity index (χ2n) is 8.37. The highest BCUT2D eigenvalue weighted by molar-refractivity contribution is 5.88. The molecule has 8 heteroatoms. The van der Waals surface area contributed by atoms with Crippen LogP contribution in [-0.4, -0.2) is 51.6 Å². The molecule has 0 bridgehead atoms. The molecule has 8 nitrogen and oxygen atoms in total. The lowest BCUT2D eigenvalue weighted by molar-refractivity contribution is 0.112. The number of carbonyl (C=O) groups excluding carboxylic acids is 1. The number of anilines is 3. The molecule has 0 aliphatic carbocycles. The summed E-state index contributed by atoms with van der Waals surface area (Å²) in [7, 11) is 0. The number of aromatic nitrogens is 4. The average Bonchev–Trinajstić information content (AvgIpc) is 3.16. The van der Waals surface area contributed by atoms with Crippen LogP contribution in [0.1, 0.15) is 42.1 Å². The number of aryl methyl sites for hydroxylation is 1. The normalized spacial score (nSPS) is 18.7. The van der Waals surface area contributed by atoms with Gasteiger partial charge in [-0.3, -0.25) is 9.89 Å². The predicted octanol–water partition coefficient (Wildman–Crippen LogP) is 2.57. The third-order valence-electron chi connectivity index (χ3n) is 6.08. The topological polar surface area (TPSA) is 104 Å². The Hall–Kier alpha value is -3.00. The zero-order valence-corrected chi connectivity index (χ0v) is 16.6. The molecule has 2 aromatic heterocycles. The SMILES string of the molecule is CC1(N)CCN(c2cnc3c(N4CCCc5cc(C=O)ccc54)n[nH]c3n2)CC1. The molecular formula is C21H25N7O. The smallest absolute Gasteiger partial charge is 0.183 e. The molecule has 29 heavy (non-hydrogen) atoms. The van der Waals surface area contributed by atoms with Gasteiger partial charge in [-0.15, -0.1) is 0 Å². The zero-order valence-electron chi connectivity index (χ0n) is 16.6. The molecule has 2 aliphatic heterocycles. The first kappa shape index (κ1) is 18.1. The van der Waals surface area contributed by atoms with Gasteiger partial charge in [0.2, 0.25) is 0 Å². The number of aromatic amines is 1. The van der Waals surface area contributed by atoms with Crippen molar-refractivity contribution >= 4 is 34.8 Å². The Morgan fingerprint density at radius 1 is 1.24 bits per heavy atom. The molecule has 2 aliphatic rings. The second-order valence-corrected chi connectivity index (χ2v) is 8.37. The van der Waals surface area contributed by atoms with E-state index in [0.717, 1.165) is 74.4 Å². The van der Waals surface area contributed by atoms with Crippen molar-refractivity contribution in [2.24, 2.45) is 5.73 Å². The van der Waals surface area contributed by atoms with E-state index in [1.165, 1.54) is 5.56 Å². The number of benzene rings is 1. The molecule has 1 fully saturated rings. The van der Waals surface area contributed by atoms with Crippen LogP contribution in [-0.2, 0) is 6.42 Å². The Labute approximate surface area is 169 Å². The van der Waals surface area contributed by atoms with Gasteiger partial charge in [-0.1, -0.05) is 0 Å². The van der Waals surface area contributed by atoms with Gasteiger partial charge in [-0.2, -0.15) is 5.10 Å². The summed E-state index contributed by atoms with van der Waals surface area (Å²) in [6.07, 6.45) is 6.56. The maximum absolute atomic E-state index is 11.1. The lowest BCUT2D eigenvalue weighted by Crippen LogP contribution is -2.48. The lowest BCUT2D eigenvalue weighted by atomic mass is 9.91. The number of nitrogens with one attached hydrogen (secondary N) is 1. The van der Waals surface area contributed by atoms with Gasteiger partial charge in [0.25, 0.3) is 0 Å². The first-order valence-electron chi connectivity index (χ1n) is 10.1. The van der Waals surface area contributed by atoms with Crippen molar-refractivity contribution in [1.82, 2.24) is 20.2 Å². The number of H-pyrrole nitrogens is 1. The monoisotopic (exact) mass is 391 g/mol. The van der Waals surface area contributed by atoms with Crippen LogP contribution in [0.15, 0.2) is 24.4 Å². The van der Waals surface area contributed by atoms with Crippen LogP contribution in [0.5, 0.6) is 0 Å². The van der Waals surface area contributed by atoms with Crippen LogP contribution in [0.2, 0.25) is 0 Å². The molecule has 0 unspecified atom stereocenters. The van der Waals surface area contributed by atoms with E-state index >= 15 is 0 Å². The van der Waals surface area contributed by atoms with Gasteiger partial charge in [0.05, 0.1) is 6.20 Å². The molecule has 3 aromatic rings. The Morgan fingerprint density at radius 3 is 2.86 bits per heavy atom. The van der Waals surface area contributed by atoms with Gasteiger partial charge in [-0.05, 0) is 56.4 Å². The number of nitrogens with zero attached hydrogens (tertiary/aromatic N) is 5. The maximum Gasteiger partial charge on any atom is 0.183 e. The number of nitrogens with two attached hydrogens (primary N) is 1. The van der Waals surface area contributed by atoms with Crippen molar-refractivity contribution in [1.29, 1.82) is 0 Å². The van der Waals surface area contributed by atoms with E-state index in [1.807, 2.05) is 24.4 Å². The summed E-state index contributed by atoms with van der Waals surface area (Å²) in [6, 6.07) is 5.82. The summed E-state index contributed by atoms with van der Waals surface area (Å²) < 4.78 is 0. The van der Waals surface area contributed by atoms with Crippen LogP contribution < -0.4 is 15.5 Å². The molecule has 1 aromatic carbocycles. The summed E-state index contributed by atoms with van der Waals surface area (Å²) in [6.45, 7) is 4.73. The minimum atomic E-state index is -0.0967. The predicted molar refractivity (Wildman–Crippen MR) is 113 cm³/mol. The van der Waals surface area contributed by atoms with Crippen LogP contribution in [0, 0.1) is 0 Å². The van der Waals surface area contributed by atoms with Crippen molar-refractivity contribution in [2.45, 2.75) is 38.1 Å². The number of rotatable bonds is 3. The van der Waals surface area contributed by atoms with Gasteiger partial charge in [0, 0.05) is 36.4 Å². The highest BCUT2D eigenvalue weighted by Gasteiger charge is 2.28. The number of fused-ring (bicyclic) bond motifs is 2. The Kier molecular flexibility index (Phi) is 4.24. The van der Waals surface area contributed by atoms with E-state index in [9.17, 15) is 4.79 Å². The lowest BCUT2D eigenvalue weighted by Gasteiger charge is -2.37.